The third kappa shape index (κ3) is 4.13. The zero-order valence-corrected chi connectivity index (χ0v) is 19.2. The molecule has 5 atom stereocenters. The maximum absolute atomic E-state index is 11.9. The number of hydrogen-bond donors (Lipinski definition) is 2. The van der Waals surface area contributed by atoms with Gasteiger partial charge in [0.15, 0.2) is 0 Å². The van der Waals surface area contributed by atoms with E-state index in [0.717, 1.165) is 12.8 Å². The van der Waals surface area contributed by atoms with Crippen LogP contribution in [0.25, 0.3) is 0 Å². The lowest BCUT2D eigenvalue weighted by atomic mass is 9.76. The lowest BCUT2D eigenvalue weighted by Crippen LogP contribution is -2.38. The molecule has 33 heavy (non-hydrogen) atoms. The number of hydrogen-bond acceptors (Lipinski definition) is 7. The number of fused-ring (bicyclic) bond motifs is 3. The van der Waals surface area contributed by atoms with Gasteiger partial charge in [-0.05, 0) is 30.9 Å². The topological polar surface area (TPSA) is 136 Å². The van der Waals surface area contributed by atoms with Gasteiger partial charge in [-0.25, -0.2) is 4.79 Å². The van der Waals surface area contributed by atoms with Gasteiger partial charge in [0.25, 0.3) is 11.4 Å². The number of carboxylic acid groups (broad SMARTS) is 1. The van der Waals surface area contributed by atoms with Crippen molar-refractivity contribution in [2.75, 3.05) is 5.32 Å². The van der Waals surface area contributed by atoms with E-state index in [0.29, 0.717) is 16.9 Å². The molecule has 9 nitrogen and oxygen atoms in total. The number of thioether (sulfide) groups is 1. The molecule has 1 aliphatic heterocycles. The molecule has 0 aromatic heterocycles. The molecular weight excluding hydrogens is 470 g/mol. The Morgan fingerprint density at radius 1 is 1.18 bits per heavy atom. The van der Waals surface area contributed by atoms with Gasteiger partial charge in [-0.15, -0.1) is 23.4 Å². The number of para-hydroxylation sites is 1. The summed E-state index contributed by atoms with van der Waals surface area (Å²) in [4.78, 5) is 34.8. The number of anilines is 1. The molecule has 174 valence electrons. The number of benzene rings is 2. The molecule has 0 unspecified atom stereocenters. The van der Waals surface area contributed by atoms with Gasteiger partial charge in [-0.2, -0.15) is 0 Å². The SMILES string of the molecule is CCC[C@@H]1Nc2c(C(=O)O)ccc([N+](=O)[O-])c2[C@H]2[C@@H](Cl)[C@@H](Sc3ccccc3[N+](=O)[O-])C[C@H]21. The maximum Gasteiger partial charge on any atom is 0.337 e. The first kappa shape index (κ1) is 23.3. The van der Waals surface area contributed by atoms with E-state index in [4.69, 9.17) is 11.6 Å². The number of carboxylic acids is 1. The van der Waals surface area contributed by atoms with Gasteiger partial charge >= 0.3 is 5.97 Å². The highest BCUT2D eigenvalue weighted by atomic mass is 35.5. The molecule has 2 aliphatic rings. The van der Waals surface area contributed by atoms with Crippen LogP contribution in [0.1, 0.15) is 48.0 Å². The average molecular weight is 492 g/mol. The molecule has 0 radical (unpaired) electrons. The number of nitrogens with zero attached hydrogens (tertiary/aromatic N) is 2. The lowest BCUT2D eigenvalue weighted by molar-refractivity contribution is -0.387. The van der Waals surface area contributed by atoms with Crippen LogP contribution in [0.5, 0.6) is 0 Å². The molecule has 0 bridgehead atoms. The minimum absolute atomic E-state index is 0.0102. The highest BCUT2D eigenvalue weighted by Gasteiger charge is 2.52. The maximum atomic E-state index is 11.9. The summed E-state index contributed by atoms with van der Waals surface area (Å²) in [6.07, 6.45) is 2.18. The number of nitro benzene ring substituents is 2. The highest BCUT2D eigenvalue weighted by molar-refractivity contribution is 8.00. The number of alkyl halides is 1. The van der Waals surface area contributed by atoms with Crippen molar-refractivity contribution >= 4 is 46.4 Å². The molecular formula is C22H22ClN3O6S. The molecule has 1 saturated carbocycles. The Kier molecular flexibility index (Phi) is 6.49. The number of halogens is 1. The van der Waals surface area contributed by atoms with Gasteiger partial charge in [0, 0.05) is 29.3 Å². The molecule has 4 rings (SSSR count). The van der Waals surface area contributed by atoms with Gasteiger partial charge in [0.2, 0.25) is 0 Å². The van der Waals surface area contributed by atoms with Crippen molar-refractivity contribution in [2.45, 2.75) is 53.7 Å². The summed E-state index contributed by atoms with van der Waals surface area (Å²) in [6.45, 7) is 2.02. The largest absolute Gasteiger partial charge is 0.478 e. The quantitative estimate of drug-likeness (QED) is 0.287. The third-order valence-electron chi connectivity index (χ3n) is 6.43. The van der Waals surface area contributed by atoms with Crippen molar-refractivity contribution in [3.05, 3.63) is 67.8 Å². The fourth-order valence-electron chi connectivity index (χ4n) is 5.11. The first-order chi connectivity index (χ1) is 15.7. The van der Waals surface area contributed by atoms with Gasteiger partial charge < -0.3 is 10.4 Å². The number of aromatic carboxylic acids is 1. The Morgan fingerprint density at radius 2 is 1.88 bits per heavy atom. The summed E-state index contributed by atoms with van der Waals surface area (Å²) in [7, 11) is 0. The zero-order chi connectivity index (χ0) is 23.9. The number of nitrogens with one attached hydrogen (secondary N) is 1. The van der Waals surface area contributed by atoms with E-state index >= 15 is 0 Å². The van der Waals surface area contributed by atoms with Crippen LogP contribution in [0.2, 0.25) is 0 Å². The van der Waals surface area contributed by atoms with E-state index < -0.39 is 27.1 Å². The molecule has 11 heteroatoms. The first-order valence-corrected chi connectivity index (χ1v) is 11.9. The summed E-state index contributed by atoms with van der Waals surface area (Å²) < 4.78 is 0. The molecule has 2 N–H and O–H groups in total. The van der Waals surface area contributed by atoms with Gasteiger partial charge in [0.05, 0.1) is 36.9 Å². The average Bonchev–Trinajstić information content (AvgIpc) is 3.09. The van der Waals surface area contributed by atoms with E-state index in [-0.39, 0.29) is 39.8 Å². The van der Waals surface area contributed by atoms with Gasteiger partial charge in [-0.1, -0.05) is 25.5 Å². The lowest BCUT2D eigenvalue weighted by Gasteiger charge is -2.38. The van der Waals surface area contributed by atoms with Gasteiger partial charge in [-0.3, -0.25) is 20.2 Å². The zero-order valence-electron chi connectivity index (χ0n) is 17.6. The van der Waals surface area contributed by atoms with Crippen LogP contribution in [0.15, 0.2) is 41.3 Å². The van der Waals surface area contributed by atoms with Crippen LogP contribution in [0.4, 0.5) is 17.1 Å². The summed E-state index contributed by atoms with van der Waals surface area (Å²) >= 11 is 8.26. The Morgan fingerprint density at radius 3 is 2.52 bits per heavy atom. The smallest absolute Gasteiger partial charge is 0.337 e. The summed E-state index contributed by atoms with van der Waals surface area (Å²) in [5.74, 6) is -1.68. The van der Waals surface area contributed by atoms with Crippen LogP contribution in [-0.4, -0.2) is 37.6 Å². The molecule has 0 saturated heterocycles. The Labute approximate surface area is 198 Å². The number of carbonyl (C=O) groups is 1. The Bertz CT molecular complexity index is 1130. The normalized spacial score (nSPS) is 25.6. The predicted octanol–water partition coefficient (Wildman–Crippen LogP) is 5.67. The molecule has 0 amide bonds. The van der Waals surface area contributed by atoms with Crippen LogP contribution < -0.4 is 5.32 Å². The van der Waals surface area contributed by atoms with E-state index in [2.05, 4.69) is 5.32 Å². The van der Waals surface area contributed by atoms with E-state index in [1.807, 2.05) is 6.92 Å². The summed E-state index contributed by atoms with van der Waals surface area (Å²) in [6, 6.07) is 8.82. The second kappa shape index (κ2) is 9.18. The Balaban J connectivity index is 1.80. The first-order valence-electron chi connectivity index (χ1n) is 10.6. The van der Waals surface area contributed by atoms with Crippen LogP contribution in [0.3, 0.4) is 0 Å². The fourth-order valence-corrected chi connectivity index (χ4v) is 7.05. The Hall–Kier alpha value is -2.85. The summed E-state index contributed by atoms with van der Waals surface area (Å²) in [5, 5.41) is 35.5. The summed E-state index contributed by atoms with van der Waals surface area (Å²) in [5.41, 5.74) is 0.397. The molecule has 2 aromatic carbocycles. The second-order valence-corrected chi connectivity index (χ2v) is 10.1. The van der Waals surface area contributed by atoms with Crippen LogP contribution >= 0.6 is 23.4 Å². The highest BCUT2D eigenvalue weighted by Crippen LogP contribution is 2.57. The fraction of sp³-hybridized carbons (Fsp3) is 0.409. The van der Waals surface area contributed by atoms with Crippen molar-refractivity contribution in [3.63, 3.8) is 0 Å². The van der Waals surface area contributed by atoms with Crippen molar-refractivity contribution in [1.82, 2.24) is 0 Å². The van der Waals surface area contributed by atoms with Crippen molar-refractivity contribution in [1.29, 1.82) is 0 Å². The van der Waals surface area contributed by atoms with Crippen molar-refractivity contribution in [3.8, 4) is 0 Å². The molecule has 0 spiro atoms. The second-order valence-electron chi connectivity index (χ2n) is 8.27. The van der Waals surface area contributed by atoms with E-state index in [1.165, 1.54) is 30.0 Å². The predicted molar refractivity (Wildman–Crippen MR) is 126 cm³/mol. The minimum atomic E-state index is -1.17. The molecule has 1 heterocycles. The van der Waals surface area contributed by atoms with Crippen molar-refractivity contribution < 1.29 is 19.7 Å². The standard InChI is InChI=1S/C22H22ClN3O6S/c1-2-5-13-12-10-17(33-16-7-4-3-6-14(16)25(29)30)20(23)18(12)19-15(26(31)32)9-8-11(22(27)28)21(19)24-13/h3-4,6-9,12-13,17-18,20,24H,2,5,10H2,1H3,(H,27,28)/t12-,13-,17-,18-,20-/m0/s1. The van der Waals surface area contributed by atoms with E-state index in [1.54, 1.807) is 18.2 Å². The van der Waals surface area contributed by atoms with Crippen molar-refractivity contribution in [2.24, 2.45) is 5.92 Å². The molecule has 1 fully saturated rings. The van der Waals surface area contributed by atoms with Gasteiger partial charge in [0.1, 0.15) is 0 Å². The van der Waals surface area contributed by atoms with Crippen LogP contribution in [-0.2, 0) is 0 Å². The minimum Gasteiger partial charge on any atom is -0.478 e. The molecule has 1 aliphatic carbocycles. The van der Waals surface area contributed by atoms with Crippen LogP contribution in [0, 0.1) is 26.1 Å². The van der Waals surface area contributed by atoms with E-state index in [9.17, 15) is 30.1 Å². The number of nitro groups is 2. The monoisotopic (exact) mass is 491 g/mol. The number of rotatable bonds is 7. The molecule has 2 aromatic rings. The third-order valence-corrected chi connectivity index (χ3v) is 8.55.